The zero-order chi connectivity index (χ0) is 8.81. The lowest BCUT2D eigenvalue weighted by Crippen LogP contribution is -2.25. The third-order valence-corrected chi connectivity index (χ3v) is 1.62. The normalized spacial score (nSPS) is 9.36. The lowest BCUT2D eigenvalue weighted by atomic mass is 10.4. The molecule has 1 N–H and O–H groups in total. The Morgan fingerprint density at radius 1 is 1.36 bits per heavy atom. The summed E-state index contributed by atoms with van der Waals surface area (Å²) in [6.07, 6.45) is 1.70. The Kier molecular flexibility index (Phi) is 10.8. The topological polar surface area (TPSA) is 28.4 Å². The molecule has 0 radical (unpaired) electrons. The Morgan fingerprint density at radius 2 is 2.07 bits per heavy atom. The lowest BCUT2D eigenvalue weighted by molar-refractivity contribution is 0.392. The smallest absolute Gasteiger partial charge is 0.117 e. The average molecular weight is 241 g/mol. The molecule has 0 unspecified atom stereocenters. The van der Waals surface area contributed by atoms with E-state index in [0.29, 0.717) is 0 Å². The number of halogens is 2. The van der Waals surface area contributed by atoms with Gasteiger partial charge in [0.05, 0.1) is 12.8 Å². The quantitative estimate of drug-likeness (QED) is 0.796. The van der Waals surface area contributed by atoms with Gasteiger partial charge in [0.15, 0.2) is 0 Å². The van der Waals surface area contributed by atoms with Gasteiger partial charge in [0.2, 0.25) is 0 Å². The molecular weight excluding hydrogens is 223 g/mol. The summed E-state index contributed by atoms with van der Waals surface area (Å²) in [4.78, 5) is 2.15. The lowest BCUT2D eigenvalue weighted by Gasteiger charge is -2.08. The molecule has 0 amide bonds. The molecule has 3 nitrogen and oxygen atoms in total. The van der Waals surface area contributed by atoms with Gasteiger partial charge in [0.25, 0.3) is 0 Å². The molecule has 1 rings (SSSR count). The van der Waals surface area contributed by atoms with Crippen LogP contribution in [0.2, 0.25) is 0 Å². The number of hydrogen-bond donors (Lipinski definition) is 1. The van der Waals surface area contributed by atoms with Crippen molar-refractivity contribution >= 4 is 24.8 Å². The van der Waals surface area contributed by atoms with Crippen molar-refractivity contribution in [3.8, 4) is 0 Å². The zero-order valence-electron chi connectivity index (χ0n) is 8.53. The first-order valence-electron chi connectivity index (χ1n) is 4.17. The van der Waals surface area contributed by atoms with Crippen LogP contribution in [0.5, 0.6) is 0 Å². The van der Waals surface area contributed by atoms with E-state index in [9.17, 15) is 0 Å². The summed E-state index contributed by atoms with van der Waals surface area (Å²) < 4.78 is 5.16. The minimum atomic E-state index is 0. The standard InChI is InChI=1S/C9H16N2O.2ClH/c1-11(2)6-5-10-8-9-4-3-7-12-9;;/h3-4,7,10H,5-6,8H2,1-2H3;2*1H. The molecule has 0 aliphatic rings. The largest absolute Gasteiger partial charge is 0.468 e. The maximum Gasteiger partial charge on any atom is 0.117 e. The van der Waals surface area contributed by atoms with Gasteiger partial charge in [-0.2, -0.15) is 0 Å². The van der Waals surface area contributed by atoms with Crippen molar-refractivity contribution in [1.29, 1.82) is 0 Å². The van der Waals surface area contributed by atoms with Crippen LogP contribution >= 0.6 is 24.8 Å². The molecule has 14 heavy (non-hydrogen) atoms. The Morgan fingerprint density at radius 3 is 2.57 bits per heavy atom. The van der Waals surface area contributed by atoms with Crippen LogP contribution in [0, 0.1) is 0 Å². The molecule has 1 heterocycles. The maximum atomic E-state index is 5.16. The highest BCUT2D eigenvalue weighted by Gasteiger charge is 1.94. The van der Waals surface area contributed by atoms with Crippen LogP contribution in [0.4, 0.5) is 0 Å². The van der Waals surface area contributed by atoms with Gasteiger partial charge in [-0.15, -0.1) is 24.8 Å². The van der Waals surface area contributed by atoms with Crippen LogP contribution in [0.1, 0.15) is 5.76 Å². The van der Waals surface area contributed by atoms with Crippen LogP contribution in [0.25, 0.3) is 0 Å². The molecule has 0 bridgehead atoms. The fourth-order valence-electron chi connectivity index (χ4n) is 0.927. The predicted octanol–water partition coefficient (Wildman–Crippen LogP) is 1.77. The monoisotopic (exact) mass is 240 g/mol. The maximum absolute atomic E-state index is 5.16. The van der Waals surface area contributed by atoms with E-state index in [1.54, 1.807) is 6.26 Å². The van der Waals surface area contributed by atoms with Crippen molar-refractivity contribution in [2.24, 2.45) is 0 Å². The Hall–Kier alpha value is -0.220. The van der Waals surface area contributed by atoms with Crippen molar-refractivity contribution in [1.82, 2.24) is 10.2 Å². The summed E-state index contributed by atoms with van der Waals surface area (Å²) in [5.41, 5.74) is 0. The molecule has 0 aliphatic heterocycles. The first-order valence-corrected chi connectivity index (χ1v) is 4.17. The van der Waals surface area contributed by atoms with Crippen molar-refractivity contribution in [3.63, 3.8) is 0 Å². The minimum Gasteiger partial charge on any atom is -0.468 e. The van der Waals surface area contributed by atoms with Gasteiger partial charge in [-0.05, 0) is 26.2 Å². The van der Waals surface area contributed by atoms with Gasteiger partial charge in [-0.1, -0.05) is 0 Å². The highest BCUT2D eigenvalue weighted by atomic mass is 35.5. The number of hydrogen-bond acceptors (Lipinski definition) is 3. The van der Waals surface area contributed by atoms with E-state index in [1.165, 1.54) is 0 Å². The molecule has 0 atom stereocenters. The highest BCUT2D eigenvalue weighted by Crippen LogP contribution is 1.97. The van der Waals surface area contributed by atoms with Gasteiger partial charge >= 0.3 is 0 Å². The summed E-state index contributed by atoms with van der Waals surface area (Å²) in [5, 5.41) is 3.28. The molecule has 1 aromatic rings. The Labute approximate surface area is 97.7 Å². The molecule has 1 aromatic heterocycles. The summed E-state index contributed by atoms with van der Waals surface area (Å²) in [6, 6.07) is 3.88. The fourth-order valence-corrected chi connectivity index (χ4v) is 0.927. The molecule has 0 aliphatic carbocycles. The second-order valence-corrected chi connectivity index (χ2v) is 3.06. The second kappa shape index (κ2) is 9.34. The second-order valence-electron chi connectivity index (χ2n) is 3.06. The van der Waals surface area contributed by atoms with Crippen molar-refractivity contribution in [2.45, 2.75) is 6.54 Å². The van der Waals surface area contributed by atoms with Crippen LogP contribution < -0.4 is 5.32 Å². The zero-order valence-corrected chi connectivity index (χ0v) is 10.2. The Balaban J connectivity index is 0. The number of furan rings is 1. The van der Waals surface area contributed by atoms with Gasteiger partial charge in [0, 0.05) is 13.1 Å². The molecule has 5 heteroatoms. The summed E-state index contributed by atoms with van der Waals surface area (Å²) in [5.74, 6) is 0.994. The first kappa shape index (κ1) is 16.2. The number of rotatable bonds is 5. The molecule has 0 fully saturated rings. The van der Waals surface area contributed by atoms with Gasteiger partial charge in [-0.25, -0.2) is 0 Å². The minimum absolute atomic E-state index is 0. The fraction of sp³-hybridized carbons (Fsp3) is 0.556. The van der Waals surface area contributed by atoms with Crippen LogP contribution in [-0.2, 0) is 6.54 Å². The van der Waals surface area contributed by atoms with E-state index in [-0.39, 0.29) is 24.8 Å². The average Bonchev–Trinajstić information content (AvgIpc) is 2.49. The molecule has 0 aromatic carbocycles. The SMILES string of the molecule is CN(C)CCNCc1ccco1.Cl.Cl. The van der Waals surface area contributed by atoms with Crippen molar-refractivity contribution < 1.29 is 4.42 Å². The highest BCUT2D eigenvalue weighted by molar-refractivity contribution is 5.85. The van der Waals surface area contributed by atoms with E-state index >= 15 is 0 Å². The van der Waals surface area contributed by atoms with Gasteiger partial charge in [-0.3, -0.25) is 0 Å². The number of nitrogens with one attached hydrogen (secondary N) is 1. The molecular formula is C9H18Cl2N2O. The molecule has 0 spiro atoms. The van der Waals surface area contributed by atoms with Gasteiger partial charge in [0.1, 0.15) is 5.76 Å². The van der Waals surface area contributed by atoms with E-state index in [1.807, 2.05) is 12.1 Å². The van der Waals surface area contributed by atoms with E-state index in [4.69, 9.17) is 4.42 Å². The molecule has 84 valence electrons. The number of likely N-dealkylation sites (N-methyl/N-ethyl adjacent to an activating group) is 1. The molecule has 0 saturated carbocycles. The van der Waals surface area contributed by atoms with Crippen molar-refractivity contribution in [2.75, 3.05) is 27.2 Å². The van der Waals surface area contributed by atoms with E-state index < -0.39 is 0 Å². The summed E-state index contributed by atoms with van der Waals surface area (Å²) in [7, 11) is 4.13. The summed E-state index contributed by atoms with van der Waals surface area (Å²) >= 11 is 0. The number of nitrogens with zero attached hydrogens (tertiary/aromatic N) is 1. The van der Waals surface area contributed by atoms with Crippen molar-refractivity contribution in [3.05, 3.63) is 24.2 Å². The third-order valence-electron chi connectivity index (χ3n) is 1.62. The van der Waals surface area contributed by atoms with Gasteiger partial charge < -0.3 is 14.6 Å². The van der Waals surface area contributed by atoms with Crippen LogP contribution in [0.15, 0.2) is 22.8 Å². The van der Waals surface area contributed by atoms with E-state index in [0.717, 1.165) is 25.4 Å². The Bertz CT molecular complexity index is 203. The molecule has 0 saturated heterocycles. The third kappa shape index (κ3) is 7.21. The van der Waals surface area contributed by atoms with Crippen LogP contribution in [0.3, 0.4) is 0 Å². The first-order chi connectivity index (χ1) is 5.79. The summed E-state index contributed by atoms with van der Waals surface area (Å²) in [6.45, 7) is 2.87. The predicted molar refractivity (Wildman–Crippen MR) is 63.5 cm³/mol. The van der Waals surface area contributed by atoms with E-state index in [2.05, 4.69) is 24.3 Å². The van der Waals surface area contributed by atoms with Crippen LogP contribution in [-0.4, -0.2) is 32.1 Å².